The van der Waals surface area contributed by atoms with Gasteiger partial charge in [0.05, 0.1) is 11.1 Å². The minimum Gasteiger partial charge on any atom is -0.454 e. The van der Waals surface area contributed by atoms with Gasteiger partial charge in [-0.2, -0.15) is 0 Å². The van der Waals surface area contributed by atoms with Crippen molar-refractivity contribution in [3.05, 3.63) is 245 Å². The molecule has 1 heterocycles. The minimum atomic E-state index is -0.443. The molecule has 2 nitrogen and oxygen atoms in total. The lowest BCUT2D eigenvalue weighted by atomic mass is 9.70. The van der Waals surface area contributed by atoms with Crippen LogP contribution in [0.15, 0.2) is 211 Å². The lowest BCUT2D eigenvalue weighted by Crippen LogP contribution is -2.26. The van der Waals surface area contributed by atoms with E-state index in [1.165, 1.54) is 72.3 Å². The Bertz CT molecular complexity index is 3260. The Hall–Kier alpha value is -7.42. The summed E-state index contributed by atoms with van der Waals surface area (Å²) in [6, 6.07) is 76.0. The second-order valence-electron chi connectivity index (χ2n) is 16.4. The van der Waals surface area contributed by atoms with Gasteiger partial charge in [0.15, 0.2) is 5.58 Å². The molecular formula is C57H37NO. The number of fused-ring (bicyclic) bond motifs is 16. The van der Waals surface area contributed by atoms with Crippen LogP contribution >= 0.6 is 0 Å². The van der Waals surface area contributed by atoms with Gasteiger partial charge in [-0.3, -0.25) is 0 Å². The van der Waals surface area contributed by atoms with Gasteiger partial charge in [-0.05, 0) is 116 Å². The summed E-state index contributed by atoms with van der Waals surface area (Å²) in [5.74, 6) is 0. The average molecular weight is 752 g/mol. The third-order valence-electron chi connectivity index (χ3n) is 13.8. The van der Waals surface area contributed by atoms with Gasteiger partial charge < -0.3 is 9.32 Å². The van der Waals surface area contributed by atoms with Crippen LogP contribution in [0.5, 0.6) is 0 Å². The molecule has 3 aliphatic rings. The fourth-order valence-electron chi connectivity index (χ4n) is 11.4. The van der Waals surface area contributed by atoms with Crippen LogP contribution in [0.1, 0.15) is 45.9 Å². The lowest BCUT2D eigenvalue weighted by molar-refractivity contribution is 0.666. The molecule has 10 aromatic rings. The molecule has 0 aliphatic heterocycles. The van der Waals surface area contributed by atoms with Crippen molar-refractivity contribution in [3.8, 4) is 33.4 Å². The lowest BCUT2D eigenvalue weighted by Gasteiger charge is -2.32. The van der Waals surface area contributed by atoms with Crippen LogP contribution in [0.3, 0.4) is 0 Å². The molecule has 0 radical (unpaired) electrons. The highest BCUT2D eigenvalue weighted by molar-refractivity contribution is 6.13. The summed E-state index contributed by atoms with van der Waals surface area (Å²) in [5.41, 5.74) is 21.1. The van der Waals surface area contributed by atoms with Crippen LogP contribution < -0.4 is 4.90 Å². The number of hydrogen-bond donors (Lipinski definition) is 0. The van der Waals surface area contributed by atoms with E-state index in [1.54, 1.807) is 0 Å². The maximum Gasteiger partial charge on any atom is 0.159 e. The van der Waals surface area contributed by atoms with Gasteiger partial charge in [-0.25, -0.2) is 0 Å². The maximum atomic E-state index is 7.12. The number of furan rings is 1. The summed E-state index contributed by atoms with van der Waals surface area (Å²) in [6.07, 6.45) is 0. The maximum absolute atomic E-state index is 7.12. The molecule has 0 saturated carbocycles. The van der Waals surface area contributed by atoms with Crippen molar-refractivity contribution in [3.63, 3.8) is 0 Å². The monoisotopic (exact) mass is 751 g/mol. The van der Waals surface area contributed by atoms with Crippen molar-refractivity contribution in [1.82, 2.24) is 0 Å². The van der Waals surface area contributed by atoms with Gasteiger partial charge in [0.2, 0.25) is 0 Å². The number of benzene rings is 9. The molecule has 3 aliphatic carbocycles. The van der Waals surface area contributed by atoms with Gasteiger partial charge in [0.25, 0.3) is 0 Å². The second-order valence-corrected chi connectivity index (χ2v) is 16.4. The Morgan fingerprint density at radius 2 is 0.847 bits per heavy atom. The molecule has 2 heteroatoms. The van der Waals surface area contributed by atoms with Crippen molar-refractivity contribution in [2.24, 2.45) is 0 Å². The molecule has 0 fully saturated rings. The highest BCUT2D eigenvalue weighted by Gasteiger charge is 2.51. The quantitative estimate of drug-likeness (QED) is 0.178. The molecule has 0 unspecified atom stereocenters. The highest BCUT2D eigenvalue weighted by Crippen LogP contribution is 2.63. The van der Waals surface area contributed by atoms with Gasteiger partial charge in [-0.1, -0.05) is 170 Å². The average Bonchev–Trinajstić information content (AvgIpc) is 4.00. The van der Waals surface area contributed by atoms with E-state index in [4.69, 9.17) is 4.42 Å². The number of hydrogen-bond acceptors (Lipinski definition) is 2. The van der Waals surface area contributed by atoms with Crippen molar-refractivity contribution >= 4 is 39.0 Å². The van der Waals surface area contributed by atoms with Crippen molar-refractivity contribution < 1.29 is 4.42 Å². The normalized spacial score (nSPS) is 14.5. The first-order chi connectivity index (χ1) is 29.2. The zero-order valence-electron chi connectivity index (χ0n) is 32.5. The van der Waals surface area contributed by atoms with Gasteiger partial charge in [0.1, 0.15) is 5.58 Å². The number of anilines is 3. The standard InChI is InChI=1S/C57H37NO/c1-56(45-25-10-5-19-38(45)39-20-6-11-26-46(39)56)50-30-16-32-53-54(50)44-24-15-31-52(55(44)59-53)58(36-17-3-2-4-18-36)37-33-34-43-42-23-9-14-29-49(42)57(51(43)35-37)47-27-12-7-21-40(47)41-22-8-13-28-48(41)57/h2-35H,1H3. The minimum absolute atomic E-state index is 0.365. The van der Waals surface area contributed by atoms with Crippen LogP contribution in [0.25, 0.3) is 55.3 Å². The molecule has 13 rings (SSSR count). The predicted molar refractivity (Wildman–Crippen MR) is 242 cm³/mol. The molecule has 59 heavy (non-hydrogen) atoms. The van der Waals surface area contributed by atoms with E-state index in [1.807, 2.05) is 0 Å². The van der Waals surface area contributed by atoms with Crippen LogP contribution in [-0.4, -0.2) is 0 Å². The Morgan fingerprint density at radius 1 is 0.373 bits per heavy atom. The number of para-hydroxylation sites is 2. The molecule has 0 amide bonds. The summed E-state index contributed by atoms with van der Waals surface area (Å²) in [4.78, 5) is 2.40. The molecule has 276 valence electrons. The highest BCUT2D eigenvalue weighted by atomic mass is 16.3. The largest absolute Gasteiger partial charge is 0.454 e. The fraction of sp³-hybridized carbons (Fsp3) is 0.0526. The van der Waals surface area contributed by atoms with Crippen LogP contribution in [-0.2, 0) is 10.8 Å². The molecule has 0 bridgehead atoms. The zero-order chi connectivity index (χ0) is 38.9. The third-order valence-corrected chi connectivity index (χ3v) is 13.8. The Morgan fingerprint density at radius 3 is 1.44 bits per heavy atom. The van der Waals surface area contributed by atoms with Crippen LogP contribution in [0.4, 0.5) is 17.1 Å². The molecule has 9 aromatic carbocycles. The first kappa shape index (κ1) is 32.6. The van der Waals surface area contributed by atoms with Crippen LogP contribution in [0, 0.1) is 0 Å². The van der Waals surface area contributed by atoms with Crippen molar-refractivity contribution in [1.29, 1.82) is 0 Å². The van der Waals surface area contributed by atoms with E-state index in [2.05, 4.69) is 218 Å². The van der Waals surface area contributed by atoms with E-state index in [0.717, 1.165) is 39.0 Å². The summed E-state index contributed by atoms with van der Waals surface area (Å²) in [5, 5.41) is 2.27. The Balaban J connectivity index is 1.07. The van der Waals surface area contributed by atoms with E-state index < -0.39 is 5.41 Å². The summed E-state index contributed by atoms with van der Waals surface area (Å²) in [7, 11) is 0. The molecule has 0 N–H and O–H groups in total. The SMILES string of the molecule is CC1(c2cccc3oc4c(N(c5ccccc5)c5ccc6c(c5)C5(c7ccccc7-c7ccccc75)c5ccccc5-6)cccc4c23)c2ccccc2-c2ccccc21. The van der Waals surface area contributed by atoms with Crippen LogP contribution in [0.2, 0.25) is 0 Å². The van der Waals surface area contributed by atoms with Crippen molar-refractivity contribution in [2.45, 2.75) is 17.8 Å². The van der Waals surface area contributed by atoms with E-state index in [-0.39, 0.29) is 5.41 Å². The summed E-state index contributed by atoms with van der Waals surface area (Å²) < 4.78 is 7.12. The summed E-state index contributed by atoms with van der Waals surface area (Å²) >= 11 is 0. The van der Waals surface area contributed by atoms with E-state index in [0.29, 0.717) is 0 Å². The molecule has 0 saturated heterocycles. The van der Waals surface area contributed by atoms with Crippen molar-refractivity contribution in [2.75, 3.05) is 4.90 Å². The molecule has 1 aromatic heterocycles. The van der Waals surface area contributed by atoms with E-state index in [9.17, 15) is 0 Å². The zero-order valence-corrected chi connectivity index (χ0v) is 32.5. The second kappa shape index (κ2) is 11.8. The Kier molecular flexibility index (Phi) is 6.54. The number of nitrogens with zero attached hydrogens (tertiary/aromatic N) is 1. The van der Waals surface area contributed by atoms with Gasteiger partial charge in [0, 0.05) is 27.6 Å². The topological polar surface area (TPSA) is 16.4 Å². The predicted octanol–water partition coefficient (Wildman–Crippen LogP) is 14.7. The molecule has 0 atom stereocenters. The first-order valence-electron chi connectivity index (χ1n) is 20.6. The summed E-state index contributed by atoms with van der Waals surface area (Å²) in [6.45, 7) is 2.39. The van der Waals surface area contributed by atoms with Gasteiger partial charge in [-0.15, -0.1) is 0 Å². The fourth-order valence-corrected chi connectivity index (χ4v) is 11.4. The molecular weight excluding hydrogens is 715 g/mol. The smallest absolute Gasteiger partial charge is 0.159 e. The Labute approximate surface area is 343 Å². The first-order valence-corrected chi connectivity index (χ1v) is 20.6. The molecule has 1 spiro atoms. The number of rotatable bonds is 4. The van der Waals surface area contributed by atoms with Gasteiger partial charge >= 0.3 is 0 Å². The third kappa shape index (κ3) is 4.10. The van der Waals surface area contributed by atoms with E-state index >= 15 is 0 Å².